The van der Waals surface area contributed by atoms with E-state index in [1.54, 1.807) is 43.4 Å². The lowest BCUT2D eigenvalue weighted by atomic mass is 10.1. The molecule has 8 heteroatoms. The number of hydrogen-bond donors (Lipinski definition) is 0. The molecule has 0 aliphatic carbocycles. The first kappa shape index (κ1) is 16.6. The van der Waals surface area contributed by atoms with E-state index in [0.29, 0.717) is 11.1 Å². The summed E-state index contributed by atoms with van der Waals surface area (Å²) in [5.74, 6) is -0.443. The maximum Gasteiger partial charge on any atom is 0.253 e. The molecule has 0 bridgehead atoms. The van der Waals surface area contributed by atoms with Crippen LogP contribution in [0, 0.1) is 5.82 Å². The summed E-state index contributed by atoms with van der Waals surface area (Å²) in [6.45, 7) is 0.286. The Morgan fingerprint density at radius 1 is 1.24 bits per heavy atom. The number of methoxy groups -OCH3 is 1. The highest BCUT2D eigenvalue weighted by molar-refractivity contribution is 5.94. The van der Waals surface area contributed by atoms with Crippen molar-refractivity contribution in [2.24, 2.45) is 0 Å². The van der Waals surface area contributed by atoms with Crippen LogP contribution in [0.15, 0.2) is 48.8 Å². The first-order chi connectivity index (χ1) is 12.1. The van der Waals surface area contributed by atoms with E-state index in [2.05, 4.69) is 15.5 Å². The average molecular weight is 341 g/mol. The van der Waals surface area contributed by atoms with Gasteiger partial charge in [0.25, 0.3) is 5.91 Å². The fourth-order valence-electron chi connectivity index (χ4n) is 2.41. The van der Waals surface area contributed by atoms with Gasteiger partial charge in [-0.25, -0.2) is 9.07 Å². The van der Waals surface area contributed by atoms with E-state index >= 15 is 0 Å². The molecule has 0 N–H and O–H groups in total. The van der Waals surface area contributed by atoms with E-state index in [0.717, 1.165) is 5.69 Å². The summed E-state index contributed by atoms with van der Waals surface area (Å²) in [5, 5.41) is 10.9. The standard InChI is InChI=1S/C17H16FN5O2/c1-22(10-12-3-8-16(25-2)15(18)9-12)17(24)13-4-6-14(7-5-13)23-11-19-20-21-23/h3-9,11H,10H2,1-2H3. The highest BCUT2D eigenvalue weighted by Crippen LogP contribution is 2.19. The number of carbonyl (C=O) groups is 1. The summed E-state index contributed by atoms with van der Waals surface area (Å²) in [7, 11) is 3.08. The van der Waals surface area contributed by atoms with E-state index in [-0.39, 0.29) is 18.2 Å². The van der Waals surface area contributed by atoms with Crippen molar-refractivity contribution < 1.29 is 13.9 Å². The summed E-state index contributed by atoms with van der Waals surface area (Å²) in [4.78, 5) is 14.0. The number of ether oxygens (including phenoxy) is 1. The van der Waals surface area contributed by atoms with Gasteiger partial charge in [-0.3, -0.25) is 4.79 Å². The maximum absolute atomic E-state index is 13.8. The van der Waals surface area contributed by atoms with Crippen LogP contribution in [0.4, 0.5) is 4.39 Å². The molecule has 3 rings (SSSR count). The lowest BCUT2D eigenvalue weighted by Crippen LogP contribution is -2.26. The van der Waals surface area contributed by atoms with Gasteiger partial charge in [-0.05, 0) is 52.4 Å². The van der Waals surface area contributed by atoms with Crippen LogP contribution in [-0.2, 0) is 6.54 Å². The molecule has 0 aliphatic heterocycles. The van der Waals surface area contributed by atoms with Crippen molar-refractivity contribution in [3.63, 3.8) is 0 Å². The predicted molar refractivity (Wildman–Crippen MR) is 87.9 cm³/mol. The number of rotatable bonds is 5. The van der Waals surface area contributed by atoms with Crippen LogP contribution in [0.5, 0.6) is 5.75 Å². The minimum absolute atomic E-state index is 0.167. The van der Waals surface area contributed by atoms with Gasteiger partial charge in [0.05, 0.1) is 12.8 Å². The number of amides is 1. The van der Waals surface area contributed by atoms with Crippen molar-refractivity contribution in [3.8, 4) is 11.4 Å². The van der Waals surface area contributed by atoms with E-state index in [4.69, 9.17) is 4.74 Å². The monoisotopic (exact) mass is 341 g/mol. The molecule has 128 valence electrons. The van der Waals surface area contributed by atoms with E-state index in [9.17, 15) is 9.18 Å². The smallest absolute Gasteiger partial charge is 0.253 e. The maximum atomic E-state index is 13.8. The molecule has 0 unspecified atom stereocenters. The van der Waals surface area contributed by atoms with Crippen molar-refractivity contribution in [3.05, 3.63) is 65.7 Å². The van der Waals surface area contributed by atoms with Crippen molar-refractivity contribution in [1.29, 1.82) is 0 Å². The number of nitrogens with zero attached hydrogens (tertiary/aromatic N) is 5. The molecule has 0 fully saturated rings. The van der Waals surface area contributed by atoms with Crippen LogP contribution in [0.25, 0.3) is 5.69 Å². The summed E-state index contributed by atoms with van der Waals surface area (Å²) >= 11 is 0. The third kappa shape index (κ3) is 3.63. The van der Waals surface area contributed by atoms with Crippen LogP contribution >= 0.6 is 0 Å². The summed E-state index contributed by atoms with van der Waals surface area (Å²) in [6.07, 6.45) is 1.47. The second-order valence-corrected chi connectivity index (χ2v) is 5.43. The number of carbonyl (C=O) groups excluding carboxylic acids is 1. The number of aromatic nitrogens is 4. The van der Waals surface area contributed by atoms with Crippen LogP contribution in [-0.4, -0.2) is 45.2 Å². The van der Waals surface area contributed by atoms with Crippen molar-refractivity contribution >= 4 is 5.91 Å². The first-order valence-electron chi connectivity index (χ1n) is 7.50. The van der Waals surface area contributed by atoms with E-state index in [1.807, 2.05) is 0 Å². The topological polar surface area (TPSA) is 73.1 Å². The number of tetrazole rings is 1. The number of hydrogen-bond acceptors (Lipinski definition) is 5. The van der Waals surface area contributed by atoms with Gasteiger partial charge >= 0.3 is 0 Å². The average Bonchev–Trinajstić information content (AvgIpc) is 3.16. The molecule has 1 heterocycles. The highest BCUT2D eigenvalue weighted by atomic mass is 19.1. The fourth-order valence-corrected chi connectivity index (χ4v) is 2.41. The first-order valence-corrected chi connectivity index (χ1v) is 7.50. The Kier molecular flexibility index (Phi) is 4.69. The minimum Gasteiger partial charge on any atom is -0.494 e. The Bertz CT molecular complexity index is 865. The zero-order valence-electron chi connectivity index (χ0n) is 13.8. The van der Waals surface area contributed by atoms with Gasteiger partial charge < -0.3 is 9.64 Å². The Hall–Kier alpha value is -3.29. The summed E-state index contributed by atoms with van der Waals surface area (Å²) in [6, 6.07) is 11.5. The molecule has 0 atom stereocenters. The highest BCUT2D eigenvalue weighted by Gasteiger charge is 2.13. The lowest BCUT2D eigenvalue weighted by Gasteiger charge is -2.18. The molecule has 1 amide bonds. The molecule has 3 aromatic rings. The number of halogens is 1. The molecule has 1 aromatic heterocycles. The molecule has 0 radical (unpaired) electrons. The predicted octanol–water partition coefficient (Wildman–Crippen LogP) is 2.08. The molecule has 0 saturated heterocycles. The van der Waals surface area contributed by atoms with Gasteiger partial charge in [-0.1, -0.05) is 6.07 Å². The van der Waals surface area contributed by atoms with Gasteiger partial charge in [0, 0.05) is 19.2 Å². The summed E-state index contributed by atoms with van der Waals surface area (Å²) < 4.78 is 20.1. The quantitative estimate of drug-likeness (QED) is 0.710. The van der Waals surface area contributed by atoms with Crippen molar-refractivity contribution in [2.45, 2.75) is 6.54 Å². The van der Waals surface area contributed by atoms with Gasteiger partial charge in [-0.15, -0.1) is 5.10 Å². The lowest BCUT2D eigenvalue weighted by molar-refractivity contribution is 0.0785. The van der Waals surface area contributed by atoms with Gasteiger partial charge in [0.15, 0.2) is 11.6 Å². The Balaban J connectivity index is 1.70. The summed E-state index contributed by atoms with van der Waals surface area (Å²) in [5.41, 5.74) is 1.95. The van der Waals surface area contributed by atoms with Crippen LogP contribution in [0.2, 0.25) is 0 Å². The third-order valence-electron chi connectivity index (χ3n) is 3.71. The zero-order valence-corrected chi connectivity index (χ0v) is 13.8. The molecular weight excluding hydrogens is 325 g/mol. The molecular formula is C17H16FN5O2. The molecule has 7 nitrogen and oxygen atoms in total. The van der Waals surface area contributed by atoms with E-state index < -0.39 is 5.82 Å². The largest absolute Gasteiger partial charge is 0.494 e. The SMILES string of the molecule is COc1ccc(CN(C)C(=O)c2ccc(-n3cnnn3)cc2)cc1F. The molecule has 2 aromatic carbocycles. The molecule has 25 heavy (non-hydrogen) atoms. The van der Waals surface area contributed by atoms with Gasteiger partial charge in [0.1, 0.15) is 6.33 Å². The Morgan fingerprint density at radius 3 is 2.60 bits per heavy atom. The van der Waals surface area contributed by atoms with E-state index in [1.165, 1.54) is 29.1 Å². The second kappa shape index (κ2) is 7.08. The Labute approximate surface area is 143 Å². The Morgan fingerprint density at radius 2 is 2.00 bits per heavy atom. The normalized spacial score (nSPS) is 10.5. The van der Waals surface area contributed by atoms with Crippen LogP contribution in [0.3, 0.4) is 0 Å². The number of benzene rings is 2. The fraction of sp³-hybridized carbons (Fsp3) is 0.176. The van der Waals surface area contributed by atoms with Gasteiger partial charge in [-0.2, -0.15) is 0 Å². The molecule has 0 aliphatic rings. The minimum atomic E-state index is -0.452. The van der Waals surface area contributed by atoms with Gasteiger partial charge in [0.2, 0.25) is 0 Å². The molecule has 0 spiro atoms. The van der Waals surface area contributed by atoms with Crippen molar-refractivity contribution in [1.82, 2.24) is 25.1 Å². The van der Waals surface area contributed by atoms with Crippen LogP contribution in [0.1, 0.15) is 15.9 Å². The second-order valence-electron chi connectivity index (χ2n) is 5.43. The van der Waals surface area contributed by atoms with Crippen LogP contribution < -0.4 is 4.74 Å². The third-order valence-corrected chi connectivity index (χ3v) is 3.71. The molecule has 0 saturated carbocycles. The van der Waals surface area contributed by atoms with Crippen molar-refractivity contribution in [2.75, 3.05) is 14.2 Å². The zero-order chi connectivity index (χ0) is 17.8.